The molecular formula is C21H28N4O5S. The van der Waals surface area contributed by atoms with Crippen molar-refractivity contribution in [1.29, 1.82) is 0 Å². The minimum atomic E-state index is -3.75. The van der Waals surface area contributed by atoms with Gasteiger partial charge in [0.2, 0.25) is 21.8 Å². The second-order valence-corrected chi connectivity index (χ2v) is 9.30. The van der Waals surface area contributed by atoms with E-state index in [-0.39, 0.29) is 35.4 Å². The van der Waals surface area contributed by atoms with Crippen LogP contribution in [0.25, 0.3) is 0 Å². The third-order valence-electron chi connectivity index (χ3n) is 4.50. The van der Waals surface area contributed by atoms with Crippen LogP contribution in [0.3, 0.4) is 0 Å². The molecule has 0 heterocycles. The molecule has 9 nitrogen and oxygen atoms in total. The molecule has 2 aromatic rings. The fraction of sp³-hybridized carbons (Fsp3) is 0.333. The number of hydrogen-bond acceptors (Lipinski definition) is 6. The number of hydrogen-bond donors (Lipinski definition) is 2. The number of amides is 2. The summed E-state index contributed by atoms with van der Waals surface area (Å²) in [5.41, 5.74) is 1.78. The first kappa shape index (κ1) is 24.2. The van der Waals surface area contributed by atoms with Crippen LogP contribution in [0.15, 0.2) is 47.4 Å². The average Bonchev–Trinajstić information content (AvgIpc) is 2.72. The lowest BCUT2D eigenvalue weighted by Crippen LogP contribution is -2.25. The van der Waals surface area contributed by atoms with Crippen LogP contribution < -0.4 is 15.4 Å². The van der Waals surface area contributed by atoms with Crippen LogP contribution >= 0.6 is 0 Å². The lowest BCUT2D eigenvalue weighted by molar-refractivity contribution is -0.127. The van der Waals surface area contributed by atoms with Crippen molar-refractivity contribution in [2.45, 2.75) is 11.3 Å². The Labute approximate surface area is 183 Å². The number of para-hydroxylation sites is 1. The molecular weight excluding hydrogens is 420 g/mol. The van der Waals surface area contributed by atoms with Crippen molar-refractivity contribution >= 4 is 33.2 Å². The minimum Gasteiger partial charge on any atom is -0.495 e. The standard InChI is InChI=1S/C21H28N4O5S/c1-24(2)21(27)12-15-8-6-7-9-17(15)22-14-20(26)23-16-10-11-18(30-5)19(13-16)31(28,29)25(3)4/h6-11,13,22H,12,14H2,1-5H3,(H,23,26). The SMILES string of the molecule is COc1ccc(NC(=O)CNc2ccccc2CC(=O)N(C)C)cc1S(=O)(=O)N(C)C. The maximum atomic E-state index is 12.5. The predicted molar refractivity (Wildman–Crippen MR) is 120 cm³/mol. The van der Waals surface area contributed by atoms with Gasteiger partial charge in [0.1, 0.15) is 10.6 Å². The number of likely N-dealkylation sites (N-methyl/N-ethyl adjacent to an activating group) is 1. The molecule has 10 heteroatoms. The van der Waals surface area contributed by atoms with Gasteiger partial charge < -0.3 is 20.3 Å². The highest BCUT2D eigenvalue weighted by Gasteiger charge is 2.23. The molecule has 0 saturated carbocycles. The average molecular weight is 449 g/mol. The Hall–Kier alpha value is -3.11. The normalized spacial score (nSPS) is 11.2. The minimum absolute atomic E-state index is 0.0432. The monoisotopic (exact) mass is 448 g/mol. The first-order chi connectivity index (χ1) is 14.6. The molecule has 0 spiro atoms. The van der Waals surface area contributed by atoms with Crippen molar-refractivity contribution in [3.63, 3.8) is 0 Å². The highest BCUT2D eigenvalue weighted by molar-refractivity contribution is 7.89. The van der Waals surface area contributed by atoms with E-state index < -0.39 is 10.0 Å². The van der Waals surface area contributed by atoms with Crippen LogP contribution in [-0.2, 0) is 26.0 Å². The Morgan fingerprint density at radius 1 is 1.03 bits per heavy atom. The number of nitrogens with one attached hydrogen (secondary N) is 2. The second-order valence-electron chi connectivity index (χ2n) is 7.18. The molecule has 0 aliphatic heterocycles. The van der Waals surface area contributed by atoms with E-state index in [1.54, 1.807) is 26.2 Å². The number of carbonyl (C=O) groups is 2. The zero-order valence-corrected chi connectivity index (χ0v) is 19.1. The summed E-state index contributed by atoms with van der Waals surface area (Å²) in [6.45, 7) is -0.0606. The molecule has 2 N–H and O–H groups in total. The Morgan fingerprint density at radius 2 is 1.71 bits per heavy atom. The zero-order valence-electron chi connectivity index (χ0n) is 18.3. The topological polar surface area (TPSA) is 108 Å². The number of nitrogens with zero attached hydrogens (tertiary/aromatic N) is 2. The van der Waals surface area contributed by atoms with Gasteiger partial charge >= 0.3 is 0 Å². The highest BCUT2D eigenvalue weighted by atomic mass is 32.2. The lowest BCUT2D eigenvalue weighted by atomic mass is 10.1. The number of sulfonamides is 1. The molecule has 168 valence electrons. The summed E-state index contributed by atoms with van der Waals surface area (Å²) in [7, 11) is 3.84. The van der Waals surface area contributed by atoms with Gasteiger partial charge in [0, 0.05) is 39.6 Å². The summed E-state index contributed by atoms with van der Waals surface area (Å²) < 4.78 is 31.3. The van der Waals surface area contributed by atoms with Crippen molar-refractivity contribution in [2.75, 3.05) is 52.5 Å². The Morgan fingerprint density at radius 3 is 2.32 bits per heavy atom. The van der Waals surface area contributed by atoms with Crippen LogP contribution in [0.1, 0.15) is 5.56 Å². The summed E-state index contributed by atoms with van der Waals surface area (Å²) in [5, 5.41) is 5.71. The van der Waals surface area contributed by atoms with Crippen molar-refractivity contribution in [3.05, 3.63) is 48.0 Å². The number of rotatable bonds is 9. The van der Waals surface area contributed by atoms with Gasteiger partial charge in [-0.15, -0.1) is 0 Å². The van der Waals surface area contributed by atoms with Gasteiger partial charge in [0.05, 0.1) is 20.1 Å². The van der Waals surface area contributed by atoms with Gasteiger partial charge in [0.15, 0.2) is 0 Å². The second kappa shape index (κ2) is 10.3. The summed E-state index contributed by atoms with van der Waals surface area (Å²) >= 11 is 0. The van der Waals surface area contributed by atoms with Crippen molar-refractivity contribution in [3.8, 4) is 5.75 Å². The van der Waals surface area contributed by atoms with Crippen LogP contribution in [0.2, 0.25) is 0 Å². The third kappa shape index (κ3) is 6.19. The van der Waals surface area contributed by atoms with E-state index in [1.165, 1.54) is 38.2 Å². The maximum absolute atomic E-state index is 12.5. The largest absolute Gasteiger partial charge is 0.495 e. The van der Waals surface area contributed by atoms with Crippen molar-refractivity contribution in [2.24, 2.45) is 0 Å². The number of methoxy groups -OCH3 is 1. The Balaban J connectivity index is 2.12. The molecule has 2 rings (SSSR count). The van der Waals surface area contributed by atoms with Gasteiger partial charge in [-0.3, -0.25) is 9.59 Å². The molecule has 2 amide bonds. The summed E-state index contributed by atoms with van der Waals surface area (Å²) in [4.78, 5) is 25.9. The van der Waals surface area contributed by atoms with Crippen molar-refractivity contribution in [1.82, 2.24) is 9.21 Å². The van der Waals surface area contributed by atoms with Gasteiger partial charge in [0.25, 0.3) is 0 Å². The number of carbonyl (C=O) groups excluding carboxylic acids is 2. The predicted octanol–water partition coefficient (Wildman–Crippen LogP) is 1.63. The quantitative estimate of drug-likeness (QED) is 0.604. The van der Waals surface area contributed by atoms with E-state index in [9.17, 15) is 18.0 Å². The van der Waals surface area contributed by atoms with Crippen molar-refractivity contribution < 1.29 is 22.7 Å². The van der Waals surface area contributed by atoms with E-state index >= 15 is 0 Å². The zero-order chi connectivity index (χ0) is 23.2. The Bertz CT molecular complexity index is 1050. The van der Waals surface area contributed by atoms with Crippen LogP contribution in [-0.4, -0.2) is 71.3 Å². The fourth-order valence-corrected chi connectivity index (χ4v) is 3.78. The first-order valence-electron chi connectivity index (χ1n) is 9.48. The maximum Gasteiger partial charge on any atom is 0.246 e. The first-order valence-corrected chi connectivity index (χ1v) is 10.9. The van der Waals surface area contributed by atoms with Gasteiger partial charge in [-0.1, -0.05) is 18.2 Å². The molecule has 0 unspecified atom stereocenters. The van der Waals surface area contributed by atoms with Crippen LogP contribution in [0, 0.1) is 0 Å². The Kier molecular flexibility index (Phi) is 8.01. The molecule has 0 radical (unpaired) electrons. The molecule has 0 atom stereocenters. The molecule has 2 aromatic carbocycles. The van der Waals surface area contributed by atoms with Crippen LogP contribution in [0.4, 0.5) is 11.4 Å². The third-order valence-corrected chi connectivity index (χ3v) is 6.34. The number of benzene rings is 2. The number of ether oxygens (including phenoxy) is 1. The smallest absolute Gasteiger partial charge is 0.246 e. The van der Waals surface area contributed by atoms with E-state index in [0.29, 0.717) is 11.4 Å². The molecule has 0 aliphatic carbocycles. The van der Waals surface area contributed by atoms with E-state index in [0.717, 1.165) is 9.87 Å². The molecule has 0 fully saturated rings. The van der Waals surface area contributed by atoms with Gasteiger partial charge in [-0.05, 0) is 29.8 Å². The lowest BCUT2D eigenvalue weighted by Gasteiger charge is -2.16. The molecule has 0 saturated heterocycles. The number of anilines is 2. The summed E-state index contributed by atoms with van der Waals surface area (Å²) in [5.74, 6) is -0.233. The molecule has 0 aromatic heterocycles. The van der Waals surface area contributed by atoms with E-state index in [1.807, 2.05) is 18.2 Å². The van der Waals surface area contributed by atoms with Crippen LogP contribution in [0.5, 0.6) is 5.75 Å². The van der Waals surface area contributed by atoms with Gasteiger partial charge in [-0.25, -0.2) is 12.7 Å². The highest BCUT2D eigenvalue weighted by Crippen LogP contribution is 2.28. The molecule has 0 bridgehead atoms. The van der Waals surface area contributed by atoms with E-state index in [2.05, 4.69) is 10.6 Å². The molecule has 0 aliphatic rings. The van der Waals surface area contributed by atoms with E-state index in [4.69, 9.17) is 4.74 Å². The summed E-state index contributed by atoms with van der Waals surface area (Å²) in [6.07, 6.45) is 0.210. The van der Waals surface area contributed by atoms with Gasteiger partial charge in [-0.2, -0.15) is 0 Å². The molecule has 31 heavy (non-hydrogen) atoms. The summed E-state index contributed by atoms with van der Waals surface area (Å²) in [6, 6.07) is 11.7. The fourth-order valence-electron chi connectivity index (χ4n) is 2.70.